The zero-order valence-electron chi connectivity index (χ0n) is 7.37. The van der Waals surface area contributed by atoms with Gasteiger partial charge in [-0.3, -0.25) is 4.79 Å². The highest BCUT2D eigenvalue weighted by Gasteiger charge is 2.09. The summed E-state index contributed by atoms with van der Waals surface area (Å²) in [4.78, 5) is 18.0. The summed E-state index contributed by atoms with van der Waals surface area (Å²) in [6.45, 7) is 1.84. The zero-order chi connectivity index (χ0) is 9.68. The van der Waals surface area contributed by atoms with Gasteiger partial charge in [0, 0.05) is 12.4 Å². The second kappa shape index (κ2) is 4.31. The van der Waals surface area contributed by atoms with Gasteiger partial charge >= 0.3 is 0 Å². The van der Waals surface area contributed by atoms with E-state index >= 15 is 0 Å². The maximum absolute atomic E-state index is 11.1. The largest absolute Gasteiger partial charge is 0.347 e. The maximum atomic E-state index is 11.1. The van der Waals surface area contributed by atoms with Gasteiger partial charge in [0.05, 0.1) is 12.5 Å². The molecule has 1 aromatic heterocycles. The number of carbonyl (C=O) groups is 1. The fourth-order valence-electron chi connectivity index (χ4n) is 0.968. The zero-order valence-corrected chi connectivity index (χ0v) is 7.37. The van der Waals surface area contributed by atoms with Gasteiger partial charge in [0.15, 0.2) is 0 Å². The van der Waals surface area contributed by atoms with Crippen molar-refractivity contribution < 1.29 is 4.79 Å². The third kappa shape index (κ3) is 2.64. The standard InChI is InChI=1S/C9H11N3O/c1-3-4-8(13)12-7(2)9-10-5-6-11-9/h1,5-7H,4H2,2H3,(H,10,11)(H,12,13). The lowest BCUT2D eigenvalue weighted by atomic mass is 10.3. The van der Waals surface area contributed by atoms with Crippen molar-refractivity contribution in [1.29, 1.82) is 0 Å². The quantitative estimate of drug-likeness (QED) is 0.664. The van der Waals surface area contributed by atoms with Crippen LogP contribution in [0.4, 0.5) is 0 Å². The monoisotopic (exact) mass is 177 g/mol. The highest BCUT2D eigenvalue weighted by Crippen LogP contribution is 2.04. The van der Waals surface area contributed by atoms with Gasteiger partial charge in [-0.15, -0.1) is 6.42 Å². The first-order valence-corrected chi connectivity index (χ1v) is 3.96. The third-order valence-electron chi connectivity index (χ3n) is 1.57. The van der Waals surface area contributed by atoms with Crippen molar-refractivity contribution in [2.45, 2.75) is 19.4 Å². The average Bonchev–Trinajstić information content (AvgIpc) is 2.55. The lowest BCUT2D eigenvalue weighted by Crippen LogP contribution is -2.26. The minimum absolute atomic E-state index is 0.102. The summed E-state index contributed by atoms with van der Waals surface area (Å²) in [5, 5.41) is 2.71. The molecular weight excluding hydrogens is 166 g/mol. The summed E-state index contributed by atoms with van der Waals surface area (Å²) in [6.07, 6.45) is 8.44. The van der Waals surface area contributed by atoms with Gasteiger partial charge in [-0.2, -0.15) is 0 Å². The van der Waals surface area contributed by atoms with Gasteiger partial charge in [0.2, 0.25) is 5.91 Å². The second-order valence-corrected chi connectivity index (χ2v) is 2.64. The lowest BCUT2D eigenvalue weighted by Gasteiger charge is -2.09. The summed E-state index contributed by atoms with van der Waals surface area (Å²) in [7, 11) is 0. The van der Waals surface area contributed by atoms with Crippen LogP contribution in [-0.4, -0.2) is 15.9 Å². The Kier molecular flexibility index (Phi) is 3.09. The minimum atomic E-state index is -0.161. The van der Waals surface area contributed by atoms with Gasteiger partial charge in [0.1, 0.15) is 5.82 Å². The predicted octanol–water partition coefficient (Wildman–Crippen LogP) is 0.610. The van der Waals surface area contributed by atoms with E-state index < -0.39 is 0 Å². The SMILES string of the molecule is C#CCC(=O)NC(C)c1ncc[nH]1. The molecule has 0 saturated heterocycles. The van der Waals surface area contributed by atoms with Crippen LogP contribution in [0.5, 0.6) is 0 Å². The summed E-state index contributed by atoms with van der Waals surface area (Å²) < 4.78 is 0. The van der Waals surface area contributed by atoms with E-state index in [-0.39, 0.29) is 18.4 Å². The van der Waals surface area contributed by atoms with E-state index in [0.29, 0.717) is 0 Å². The molecule has 0 saturated carbocycles. The molecule has 0 bridgehead atoms. The third-order valence-corrected chi connectivity index (χ3v) is 1.57. The van der Waals surface area contributed by atoms with Crippen LogP contribution in [0.15, 0.2) is 12.4 Å². The number of hydrogen-bond donors (Lipinski definition) is 2. The molecule has 2 N–H and O–H groups in total. The van der Waals surface area contributed by atoms with Crippen molar-refractivity contribution in [1.82, 2.24) is 15.3 Å². The first-order valence-electron chi connectivity index (χ1n) is 3.96. The van der Waals surface area contributed by atoms with Crippen LogP contribution >= 0.6 is 0 Å². The average molecular weight is 177 g/mol. The number of carbonyl (C=O) groups excluding carboxylic acids is 1. The molecule has 0 aliphatic heterocycles. The molecule has 1 amide bonds. The van der Waals surface area contributed by atoms with Crippen molar-refractivity contribution in [3.63, 3.8) is 0 Å². The molecule has 0 spiro atoms. The summed E-state index contributed by atoms with van der Waals surface area (Å²) >= 11 is 0. The Morgan fingerprint density at radius 3 is 3.23 bits per heavy atom. The Morgan fingerprint density at radius 2 is 2.69 bits per heavy atom. The Hall–Kier alpha value is -1.76. The molecule has 1 unspecified atom stereocenters. The number of H-pyrrole nitrogens is 1. The van der Waals surface area contributed by atoms with Crippen molar-refractivity contribution in [2.75, 3.05) is 0 Å². The van der Waals surface area contributed by atoms with E-state index in [1.54, 1.807) is 12.4 Å². The summed E-state index contributed by atoms with van der Waals surface area (Å²) in [5.41, 5.74) is 0. The molecule has 1 aromatic rings. The van der Waals surface area contributed by atoms with Gasteiger partial charge in [-0.25, -0.2) is 4.98 Å². The molecular formula is C9H11N3O. The van der Waals surface area contributed by atoms with Crippen LogP contribution in [0, 0.1) is 12.3 Å². The smallest absolute Gasteiger partial charge is 0.232 e. The highest BCUT2D eigenvalue weighted by molar-refractivity contribution is 5.78. The molecule has 4 heteroatoms. The van der Waals surface area contributed by atoms with E-state index in [1.165, 1.54) is 0 Å². The second-order valence-electron chi connectivity index (χ2n) is 2.64. The van der Waals surface area contributed by atoms with Crippen LogP contribution in [-0.2, 0) is 4.79 Å². The topological polar surface area (TPSA) is 57.8 Å². The number of hydrogen-bond acceptors (Lipinski definition) is 2. The highest BCUT2D eigenvalue weighted by atomic mass is 16.1. The van der Waals surface area contributed by atoms with Crippen molar-refractivity contribution in [3.05, 3.63) is 18.2 Å². The van der Waals surface area contributed by atoms with Crippen LogP contribution in [0.3, 0.4) is 0 Å². The number of terminal acetylenes is 1. The van der Waals surface area contributed by atoms with Crippen LogP contribution in [0.1, 0.15) is 25.2 Å². The molecule has 0 aliphatic carbocycles. The van der Waals surface area contributed by atoms with E-state index in [4.69, 9.17) is 6.42 Å². The Balaban J connectivity index is 2.47. The lowest BCUT2D eigenvalue weighted by molar-refractivity contribution is -0.120. The summed E-state index contributed by atoms with van der Waals surface area (Å²) in [5.74, 6) is 2.84. The fourth-order valence-corrected chi connectivity index (χ4v) is 0.968. The molecule has 4 nitrogen and oxygen atoms in total. The predicted molar refractivity (Wildman–Crippen MR) is 48.6 cm³/mol. The first-order chi connectivity index (χ1) is 6.24. The van der Waals surface area contributed by atoms with E-state index in [9.17, 15) is 4.79 Å². The Labute approximate surface area is 76.8 Å². The van der Waals surface area contributed by atoms with Crippen LogP contribution in [0.2, 0.25) is 0 Å². The van der Waals surface area contributed by atoms with Gasteiger partial charge in [-0.1, -0.05) is 5.92 Å². The molecule has 1 heterocycles. The number of imidazole rings is 1. The minimum Gasteiger partial charge on any atom is -0.347 e. The van der Waals surface area contributed by atoms with Crippen molar-refractivity contribution in [2.24, 2.45) is 0 Å². The molecule has 0 aliphatic rings. The fraction of sp³-hybridized carbons (Fsp3) is 0.333. The number of aromatic nitrogens is 2. The maximum Gasteiger partial charge on any atom is 0.232 e. The van der Waals surface area contributed by atoms with Crippen molar-refractivity contribution >= 4 is 5.91 Å². The first kappa shape index (κ1) is 9.33. The molecule has 0 fully saturated rings. The molecule has 1 atom stereocenters. The van der Waals surface area contributed by atoms with Crippen LogP contribution < -0.4 is 5.32 Å². The van der Waals surface area contributed by atoms with E-state index in [2.05, 4.69) is 21.2 Å². The number of rotatable bonds is 3. The number of nitrogens with one attached hydrogen (secondary N) is 2. The van der Waals surface area contributed by atoms with E-state index in [0.717, 1.165) is 5.82 Å². The normalized spacial score (nSPS) is 11.7. The molecule has 0 aromatic carbocycles. The van der Waals surface area contributed by atoms with Crippen LogP contribution in [0.25, 0.3) is 0 Å². The van der Waals surface area contributed by atoms with Gasteiger partial charge in [0.25, 0.3) is 0 Å². The molecule has 68 valence electrons. The molecule has 13 heavy (non-hydrogen) atoms. The van der Waals surface area contributed by atoms with Crippen molar-refractivity contribution in [3.8, 4) is 12.3 Å². The Bertz CT molecular complexity index is 310. The Morgan fingerprint density at radius 1 is 1.92 bits per heavy atom. The van der Waals surface area contributed by atoms with Gasteiger partial charge in [-0.05, 0) is 6.92 Å². The van der Waals surface area contributed by atoms with E-state index in [1.807, 2.05) is 6.92 Å². The summed E-state index contributed by atoms with van der Waals surface area (Å²) in [6, 6.07) is -0.129. The molecule has 0 radical (unpaired) electrons. The number of nitrogens with zero attached hydrogens (tertiary/aromatic N) is 1. The van der Waals surface area contributed by atoms with Gasteiger partial charge < -0.3 is 10.3 Å². The number of amides is 1. The number of aromatic amines is 1. The molecule has 1 rings (SSSR count).